The van der Waals surface area contributed by atoms with E-state index in [1.165, 1.54) is 11.0 Å². The van der Waals surface area contributed by atoms with Gasteiger partial charge in [0, 0.05) is 23.6 Å². The summed E-state index contributed by atoms with van der Waals surface area (Å²) < 4.78 is 28.8. The summed E-state index contributed by atoms with van der Waals surface area (Å²) in [6, 6.07) is 7.96. The maximum atomic E-state index is 13.9. The zero-order valence-electron chi connectivity index (χ0n) is 25.8. The van der Waals surface area contributed by atoms with Crippen LogP contribution in [0.1, 0.15) is 71.3 Å². The lowest BCUT2D eigenvalue weighted by Crippen LogP contribution is -2.58. The maximum Gasteiger partial charge on any atom is 0.308 e. The number of aromatic nitrogens is 1. The molecule has 1 fully saturated rings. The molecule has 2 aromatic rings. The number of pyridine rings is 1. The Hall–Kier alpha value is -3.80. The van der Waals surface area contributed by atoms with E-state index in [1.54, 1.807) is 39.0 Å². The normalized spacial score (nSPS) is 17.5. The van der Waals surface area contributed by atoms with Crippen LogP contribution in [0.5, 0.6) is 0 Å². The second-order valence-corrected chi connectivity index (χ2v) is 14.8. The monoisotopic (exact) mass is 614 g/mol. The second kappa shape index (κ2) is 13.2. The van der Waals surface area contributed by atoms with Crippen molar-refractivity contribution in [1.29, 1.82) is 0 Å². The molecule has 2 N–H and O–H groups in total. The van der Waals surface area contributed by atoms with Crippen LogP contribution in [0.25, 0.3) is 10.9 Å². The zero-order valence-corrected chi connectivity index (χ0v) is 26.7. The van der Waals surface area contributed by atoms with Crippen molar-refractivity contribution in [2.24, 2.45) is 5.41 Å². The Morgan fingerprint density at radius 2 is 1.72 bits per heavy atom. The molecule has 234 valence electrons. The standard InChI is InChI=1S/C31H42N4O7S/c1-30(2,3)26(34-27(37)23-15-14-20-11-8-9-12-22(20)33-23)29(39)35-17-10-13-24(35)28(38)32-21(16-18-43(7,40)41)19-25(36)42-31(4,5)6/h8-9,11-12,14-16,18,21,24,26H,10,13,17,19H2,1-7H3,(H,32,38)(H,34,37)/b18-16+/t21-,24-,26?/m1/s1. The van der Waals surface area contributed by atoms with Gasteiger partial charge in [0.05, 0.1) is 18.0 Å². The van der Waals surface area contributed by atoms with Gasteiger partial charge >= 0.3 is 5.97 Å². The van der Waals surface area contributed by atoms with Crippen LogP contribution < -0.4 is 10.6 Å². The van der Waals surface area contributed by atoms with E-state index >= 15 is 0 Å². The van der Waals surface area contributed by atoms with E-state index in [-0.39, 0.29) is 12.1 Å². The number of rotatable bonds is 9. The quantitative estimate of drug-likeness (QED) is 0.409. The predicted molar refractivity (Wildman–Crippen MR) is 164 cm³/mol. The molecule has 0 spiro atoms. The van der Waals surface area contributed by atoms with Gasteiger partial charge in [-0.3, -0.25) is 19.2 Å². The van der Waals surface area contributed by atoms with E-state index in [0.717, 1.165) is 17.1 Å². The zero-order chi connectivity index (χ0) is 32.2. The second-order valence-electron chi connectivity index (χ2n) is 12.9. The van der Waals surface area contributed by atoms with Crippen LogP contribution in [-0.4, -0.2) is 78.5 Å². The molecule has 43 heavy (non-hydrogen) atoms. The first-order valence-corrected chi connectivity index (χ1v) is 16.2. The number of ether oxygens (including phenoxy) is 1. The SMILES string of the molecule is CC(C)(C)OC(=O)C[C@@H](/C=C/S(C)(=O)=O)NC(=O)[C@H]1CCCN1C(=O)C(NC(=O)c1ccc2ccccc2n1)C(C)(C)C. The highest BCUT2D eigenvalue weighted by Crippen LogP contribution is 2.26. The summed E-state index contributed by atoms with van der Waals surface area (Å²) >= 11 is 0. The molecular formula is C31H42N4O7S. The molecule has 2 heterocycles. The average Bonchev–Trinajstić information content (AvgIpc) is 3.37. The third-order valence-corrected chi connectivity index (χ3v) is 7.40. The Kier molecular flexibility index (Phi) is 10.4. The number of carbonyl (C=O) groups excluding carboxylic acids is 4. The largest absolute Gasteiger partial charge is 0.460 e. The van der Waals surface area contributed by atoms with Crippen molar-refractivity contribution in [3.8, 4) is 0 Å². The summed E-state index contributed by atoms with van der Waals surface area (Å²) in [7, 11) is -3.54. The number of nitrogens with one attached hydrogen (secondary N) is 2. The number of hydrogen-bond donors (Lipinski definition) is 2. The molecule has 1 aliphatic heterocycles. The first kappa shape index (κ1) is 33.7. The lowest BCUT2D eigenvalue weighted by molar-refractivity contribution is -0.155. The number of hydrogen-bond acceptors (Lipinski definition) is 8. The van der Waals surface area contributed by atoms with E-state index in [2.05, 4.69) is 15.6 Å². The van der Waals surface area contributed by atoms with Crippen LogP contribution in [0.4, 0.5) is 0 Å². The minimum Gasteiger partial charge on any atom is -0.460 e. The number of fused-ring (bicyclic) bond motifs is 1. The number of sulfone groups is 1. The Morgan fingerprint density at radius 1 is 1.05 bits per heavy atom. The van der Waals surface area contributed by atoms with Gasteiger partial charge in [-0.15, -0.1) is 0 Å². The Bertz CT molecular complexity index is 1510. The number of carbonyl (C=O) groups is 4. The highest BCUT2D eigenvalue weighted by Gasteiger charge is 2.42. The van der Waals surface area contributed by atoms with E-state index in [0.29, 0.717) is 24.9 Å². The molecule has 3 atom stereocenters. The highest BCUT2D eigenvalue weighted by molar-refractivity contribution is 7.93. The summed E-state index contributed by atoms with van der Waals surface area (Å²) in [5, 5.41) is 7.35. The number of benzene rings is 1. The molecule has 11 nitrogen and oxygen atoms in total. The van der Waals surface area contributed by atoms with Gasteiger partial charge in [0.1, 0.15) is 23.4 Å². The van der Waals surface area contributed by atoms with Crippen molar-refractivity contribution < 1.29 is 32.3 Å². The molecule has 0 bridgehead atoms. The molecule has 1 unspecified atom stereocenters. The molecule has 12 heteroatoms. The summed E-state index contributed by atoms with van der Waals surface area (Å²) in [5.41, 5.74) is -0.657. The van der Waals surface area contributed by atoms with Crippen molar-refractivity contribution >= 4 is 44.4 Å². The van der Waals surface area contributed by atoms with Crippen LogP contribution in [0, 0.1) is 5.41 Å². The van der Waals surface area contributed by atoms with Crippen LogP contribution in [-0.2, 0) is 29.0 Å². The Labute approximate surface area is 253 Å². The van der Waals surface area contributed by atoms with Gasteiger partial charge in [-0.25, -0.2) is 13.4 Å². The summed E-state index contributed by atoms with van der Waals surface area (Å²) in [6.07, 6.45) is 2.85. The summed E-state index contributed by atoms with van der Waals surface area (Å²) in [5.74, 6) is -2.09. The Balaban J connectivity index is 1.79. The highest BCUT2D eigenvalue weighted by atomic mass is 32.2. The van der Waals surface area contributed by atoms with Crippen molar-refractivity contribution in [2.45, 2.75) is 84.5 Å². The van der Waals surface area contributed by atoms with Crippen LogP contribution in [0.3, 0.4) is 0 Å². The van der Waals surface area contributed by atoms with E-state index in [9.17, 15) is 27.6 Å². The molecule has 1 saturated heterocycles. The van der Waals surface area contributed by atoms with Crippen molar-refractivity contribution in [3.05, 3.63) is 53.6 Å². The fraction of sp³-hybridized carbons (Fsp3) is 0.516. The van der Waals surface area contributed by atoms with Gasteiger partial charge in [0.2, 0.25) is 11.8 Å². The smallest absolute Gasteiger partial charge is 0.308 e. The minimum atomic E-state index is -3.54. The molecule has 0 saturated carbocycles. The van der Waals surface area contributed by atoms with Gasteiger partial charge in [0.25, 0.3) is 5.91 Å². The topological polar surface area (TPSA) is 152 Å². The predicted octanol–water partition coefficient (Wildman–Crippen LogP) is 3.15. The lowest BCUT2D eigenvalue weighted by Gasteiger charge is -2.35. The van der Waals surface area contributed by atoms with Gasteiger partial charge in [-0.05, 0) is 51.2 Å². The molecule has 3 rings (SSSR count). The maximum absolute atomic E-state index is 13.9. The molecule has 1 aliphatic rings. The van der Waals surface area contributed by atoms with Gasteiger partial charge in [-0.2, -0.15) is 0 Å². The third-order valence-electron chi connectivity index (χ3n) is 6.75. The summed E-state index contributed by atoms with van der Waals surface area (Å²) in [6.45, 7) is 10.9. The fourth-order valence-corrected chi connectivity index (χ4v) is 5.24. The van der Waals surface area contributed by atoms with Crippen LogP contribution >= 0.6 is 0 Å². The van der Waals surface area contributed by atoms with Crippen LogP contribution in [0.15, 0.2) is 47.9 Å². The molecule has 3 amide bonds. The fourth-order valence-electron chi connectivity index (χ4n) is 4.76. The van der Waals surface area contributed by atoms with Crippen LogP contribution in [0.2, 0.25) is 0 Å². The molecular weight excluding hydrogens is 572 g/mol. The number of amides is 3. The number of likely N-dealkylation sites (tertiary alicyclic amines) is 1. The molecule has 0 aliphatic carbocycles. The summed E-state index contributed by atoms with van der Waals surface area (Å²) in [4.78, 5) is 59.0. The van der Waals surface area contributed by atoms with Gasteiger partial charge < -0.3 is 20.3 Å². The third kappa shape index (κ3) is 9.87. The number of esters is 1. The number of para-hydroxylation sites is 1. The van der Waals surface area contributed by atoms with E-state index < -0.39 is 62.7 Å². The average molecular weight is 615 g/mol. The number of nitrogens with zero attached hydrogens (tertiary/aromatic N) is 2. The van der Waals surface area contributed by atoms with Gasteiger partial charge in [-0.1, -0.05) is 51.1 Å². The lowest BCUT2D eigenvalue weighted by atomic mass is 9.85. The minimum absolute atomic E-state index is 0.166. The van der Waals surface area contributed by atoms with Crippen molar-refractivity contribution in [3.63, 3.8) is 0 Å². The molecule has 1 aromatic carbocycles. The molecule has 0 radical (unpaired) electrons. The Morgan fingerprint density at radius 3 is 2.35 bits per heavy atom. The first-order chi connectivity index (χ1) is 19.8. The molecule has 1 aromatic heterocycles. The first-order valence-electron chi connectivity index (χ1n) is 14.2. The van der Waals surface area contributed by atoms with Crippen molar-refractivity contribution in [1.82, 2.24) is 20.5 Å². The van der Waals surface area contributed by atoms with Gasteiger partial charge in [0.15, 0.2) is 9.84 Å². The van der Waals surface area contributed by atoms with Crippen molar-refractivity contribution in [2.75, 3.05) is 12.8 Å². The van der Waals surface area contributed by atoms with E-state index in [1.807, 2.05) is 39.0 Å². The van der Waals surface area contributed by atoms with E-state index in [4.69, 9.17) is 4.74 Å².